The number of allylic oxidation sites excluding steroid dienone is 6. The third-order valence-electron chi connectivity index (χ3n) is 28.0. The van der Waals surface area contributed by atoms with Gasteiger partial charge in [0.05, 0.1) is 95.1 Å². The molecule has 6 N–H and O–H groups in total. The topological polar surface area (TPSA) is 461 Å². The number of anilines is 6. The summed E-state index contributed by atoms with van der Waals surface area (Å²) in [5, 5.41) is 84.1. The third kappa shape index (κ3) is 19.3. The molecule has 0 unspecified atom stereocenters. The third-order valence-corrected chi connectivity index (χ3v) is 28.5. The van der Waals surface area contributed by atoms with Crippen LogP contribution >= 0.6 is 15.9 Å². The van der Waals surface area contributed by atoms with Crippen molar-refractivity contribution in [2.24, 2.45) is 0 Å². The van der Waals surface area contributed by atoms with Crippen LogP contribution in [0.5, 0.6) is 17.2 Å². The van der Waals surface area contributed by atoms with Gasteiger partial charge in [0.1, 0.15) is 5.75 Å². The molecule has 146 heavy (non-hydrogen) atoms. The van der Waals surface area contributed by atoms with E-state index < -0.39 is 19.7 Å². The van der Waals surface area contributed by atoms with Crippen LogP contribution in [0, 0.1) is 60.7 Å². The zero-order valence-electron chi connectivity index (χ0n) is 79.4. The van der Waals surface area contributed by atoms with Gasteiger partial charge in [0.15, 0.2) is 11.5 Å². The Morgan fingerprint density at radius 1 is 0.253 bits per heavy atom. The zero-order valence-corrected chi connectivity index (χ0v) is 81.0. The number of hydrogen-bond donors (Lipinski definition) is 6. The quantitative estimate of drug-likeness (QED) is 0.0435. The number of fused-ring (bicyclic) bond motifs is 24. The summed E-state index contributed by atoms with van der Waals surface area (Å²) in [7, 11) is 4.69. The number of benzene rings is 12. The molecule has 0 aromatic heterocycles. The van der Waals surface area contributed by atoms with E-state index in [2.05, 4.69) is 85.9 Å². The molecular weight excluding hydrogens is 1930 g/mol. The molecule has 6 heterocycles. The maximum Gasteiger partial charge on any atom is 0.270 e. The van der Waals surface area contributed by atoms with Crippen LogP contribution in [0.2, 0.25) is 0 Å². The van der Waals surface area contributed by atoms with E-state index in [4.69, 9.17) is 14.2 Å². The number of nitrogens with one attached hydrogen (secondary N) is 6. The second-order valence-electron chi connectivity index (χ2n) is 36.8. The molecule has 732 valence electrons. The van der Waals surface area contributed by atoms with E-state index >= 15 is 0 Å². The number of methoxy groups -OCH3 is 3. The second kappa shape index (κ2) is 40.3. The highest BCUT2D eigenvalue weighted by Gasteiger charge is 2.39. The number of carbonyl (C=O) groups excluding carboxylic acids is 6. The lowest BCUT2D eigenvalue weighted by Crippen LogP contribution is -2.11. The van der Waals surface area contributed by atoms with Gasteiger partial charge in [-0.25, -0.2) is 0 Å². The summed E-state index contributed by atoms with van der Waals surface area (Å²) < 4.78 is 17.0. The smallest absolute Gasteiger partial charge is 0.270 e. The van der Waals surface area contributed by atoms with Crippen molar-refractivity contribution in [3.8, 4) is 17.2 Å². The number of carbonyl (C=O) groups is 6. The van der Waals surface area contributed by atoms with Gasteiger partial charge in [-0.3, -0.25) is 89.5 Å². The first-order valence-electron chi connectivity index (χ1n) is 47.3. The van der Waals surface area contributed by atoms with Crippen LogP contribution in [0.15, 0.2) is 223 Å². The minimum absolute atomic E-state index is 0.0229. The molecule has 12 aromatic rings. The molecule has 0 spiro atoms. The van der Waals surface area contributed by atoms with Gasteiger partial charge >= 0.3 is 0 Å². The zero-order chi connectivity index (χ0) is 102. The number of non-ortho nitro benzene ring substituents is 6. The number of hydrogen-bond acceptors (Lipinski definition) is 21. The summed E-state index contributed by atoms with van der Waals surface area (Å²) in [5.74, 6) is 1.19. The molecule has 0 radical (unpaired) electrons. The first-order valence-corrected chi connectivity index (χ1v) is 48.0. The Bertz CT molecular complexity index is 8000. The second-order valence-corrected chi connectivity index (χ2v) is 37.7. The minimum atomic E-state index is -0.419. The Labute approximate surface area is 842 Å². The fraction of sp³-hybridized carbons (Fsp3) is 0.196. The van der Waals surface area contributed by atoms with E-state index in [9.17, 15) is 89.5 Å². The molecular formula is C112H91BrN12O21. The van der Waals surface area contributed by atoms with Crippen LogP contribution in [-0.2, 0) is 80.1 Å². The van der Waals surface area contributed by atoms with Crippen molar-refractivity contribution in [3.05, 3.63) is 395 Å². The fourth-order valence-corrected chi connectivity index (χ4v) is 21.5. The maximum absolute atomic E-state index is 12.4. The first-order chi connectivity index (χ1) is 70.4. The van der Waals surface area contributed by atoms with Crippen LogP contribution in [0.3, 0.4) is 0 Å². The van der Waals surface area contributed by atoms with Gasteiger partial charge in [0.2, 0.25) is 35.4 Å². The maximum atomic E-state index is 12.4. The van der Waals surface area contributed by atoms with Crippen LogP contribution in [0.4, 0.5) is 68.2 Å². The highest BCUT2D eigenvalue weighted by atomic mass is 79.9. The number of nitrogens with zero attached hydrogens (tertiary/aromatic N) is 6. The number of halogens is 1. The predicted octanol–water partition coefficient (Wildman–Crippen LogP) is 23.5. The predicted molar refractivity (Wildman–Crippen MR) is 560 cm³/mol. The molecule has 12 aromatic carbocycles. The molecule has 34 heteroatoms. The standard InChI is InChI=1S/C21H20N2O3.C20H18N2O3.C19H16N2O5.C18H14N2O4.C17H11BrN2O3.C17H12N2O3/c1-2-3-4-13-5-8-20-19(9-13)17-10-14-6-7-15(23(25)26)11-16(14)18(17)12-21(24)22-20;1-2-3-12-4-7-19-18(8-12)16-9-13-5-6-14(22(24)25)10-15(13)17(16)11-20(23)21-19;1-25-17-7-15-13-5-10-3-4-11(21(23)24)6-12(10)14(13)8-19(22)20-16(15)9-18(17)26-2;1-24-12-4-5-17-16(8-12)14-6-10-2-3-11(20(22)23)7-13(10)15(14)9-18(21)19-17;18-10-2-4-16-15(6-10)13-5-9-1-3-11(20(22)23)7-12(9)14(13)8-17(21)19-16;20-17-9-15-13-8-11(19(21)22)6-5-10(13)7-14(15)12-3-1-2-4-16(12)18-17/h5-9,11H,2-4,10,12H2,1H3,(H,22,24);4-8,10H,2-3,9,11H2,1H3,(H,21,23);3-4,6-7,9H,5,8H2,1-2H3,(H,20,22);2-5,7-8H,6,9H2,1H3,(H,19,21);1-4,6-7H,5,8H2,(H,19,21);1-6,8H,7,9H2,(H,18,20). The molecule has 0 saturated heterocycles. The van der Waals surface area contributed by atoms with Gasteiger partial charge in [-0.15, -0.1) is 0 Å². The first kappa shape index (κ1) is 97.0. The lowest BCUT2D eigenvalue weighted by atomic mass is 9.95. The SMILES string of the molecule is CCCCc1ccc2c(c1)C1=C(CC(=O)N2)c2cc([N+](=O)[O-])ccc2C1.CCCc1ccc2c(c1)C1=C(CC(=O)N2)c2cc([N+](=O)[O-])ccc2C1.COc1cc2c(cc1OC)C1=C(CC(=O)N2)c2cc([N+](=O)[O-])ccc2C1.COc1ccc2c(c1)C1=C(CC(=O)N2)c2cc([N+](=O)[O-])ccc2C1.O=C1CC2=C(Cc3ccc([N+](=O)[O-])cc32)c2cc(Br)ccc2N1.O=C1CC2=C(Cc3ccc([N+](=O)[O-])cc32)c2ccccc2N1. The Kier molecular flexibility index (Phi) is 26.8. The number of para-hydroxylation sites is 1. The number of aryl methyl sites for hydroxylation is 2. The van der Waals surface area contributed by atoms with Crippen molar-refractivity contribution >= 4 is 186 Å². The van der Waals surface area contributed by atoms with E-state index in [0.717, 1.165) is 232 Å². The Morgan fingerprint density at radius 2 is 0.521 bits per heavy atom. The van der Waals surface area contributed by atoms with E-state index in [1.165, 1.54) is 42.5 Å². The van der Waals surface area contributed by atoms with Crippen LogP contribution in [0.25, 0.3) is 66.9 Å². The Hall–Kier alpha value is -17.8. The Balaban J connectivity index is 0.000000111. The van der Waals surface area contributed by atoms with Gasteiger partial charge in [0.25, 0.3) is 34.1 Å². The summed E-state index contributed by atoms with van der Waals surface area (Å²) in [4.78, 5) is 138. The number of nitro benzene ring substituents is 6. The van der Waals surface area contributed by atoms with Gasteiger partial charge in [-0.2, -0.15) is 0 Å². The molecule has 6 aliphatic heterocycles. The normalized spacial score (nSPS) is 15.2. The van der Waals surface area contributed by atoms with Crippen LogP contribution < -0.4 is 46.1 Å². The van der Waals surface area contributed by atoms with E-state index in [1.54, 1.807) is 99.1 Å². The van der Waals surface area contributed by atoms with Crippen molar-refractivity contribution in [1.82, 2.24) is 0 Å². The molecule has 33 nitrogen and oxygen atoms in total. The van der Waals surface area contributed by atoms with Crippen LogP contribution in [0.1, 0.15) is 183 Å². The van der Waals surface area contributed by atoms with Gasteiger partial charge < -0.3 is 46.1 Å². The molecule has 6 aliphatic carbocycles. The summed E-state index contributed by atoms with van der Waals surface area (Å²) in [6, 6.07) is 64.4. The lowest BCUT2D eigenvalue weighted by Gasteiger charge is -2.15. The molecule has 0 atom stereocenters. The summed E-state index contributed by atoms with van der Waals surface area (Å²) in [6.07, 6.45) is 10.8. The summed E-state index contributed by atoms with van der Waals surface area (Å²) in [5.41, 5.74) is 36.1. The number of nitro groups is 6. The molecule has 6 amide bonds. The van der Waals surface area contributed by atoms with Crippen molar-refractivity contribution < 1.29 is 72.5 Å². The number of unbranched alkanes of at least 4 members (excludes halogenated alkanes) is 1. The molecule has 0 saturated carbocycles. The highest BCUT2D eigenvalue weighted by Crippen LogP contribution is 2.54. The van der Waals surface area contributed by atoms with Crippen molar-refractivity contribution in [2.45, 2.75) is 123 Å². The van der Waals surface area contributed by atoms with Gasteiger partial charge in [-0.05, 0) is 275 Å². The summed E-state index contributed by atoms with van der Waals surface area (Å²) in [6.45, 7) is 4.31. The molecule has 0 fully saturated rings. The van der Waals surface area contributed by atoms with Gasteiger partial charge in [-0.1, -0.05) is 109 Å². The molecule has 0 bridgehead atoms. The average Bonchev–Trinajstić information content (AvgIpc) is 1.66. The average molecular weight is 2020 g/mol. The van der Waals surface area contributed by atoms with Crippen molar-refractivity contribution in [1.29, 1.82) is 0 Å². The number of amides is 6. The number of ether oxygens (including phenoxy) is 3. The van der Waals surface area contributed by atoms with E-state index in [0.29, 0.717) is 61.5 Å². The lowest BCUT2D eigenvalue weighted by molar-refractivity contribution is -0.385. The van der Waals surface area contributed by atoms with Crippen molar-refractivity contribution in [3.63, 3.8) is 0 Å². The van der Waals surface area contributed by atoms with Crippen molar-refractivity contribution in [2.75, 3.05) is 53.2 Å². The molecule has 12 aliphatic rings. The largest absolute Gasteiger partial charge is 0.497 e. The van der Waals surface area contributed by atoms with Crippen LogP contribution in [-0.4, -0.2) is 86.3 Å². The monoisotopic (exact) mass is 2020 g/mol. The Morgan fingerprint density at radius 3 is 0.836 bits per heavy atom. The van der Waals surface area contributed by atoms with E-state index in [1.807, 2.05) is 84.9 Å². The molecule has 24 rings (SSSR count). The summed E-state index contributed by atoms with van der Waals surface area (Å²) >= 11 is 3.47. The number of rotatable bonds is 14. The fourth-order valence-electron chi connectivity index (χ4n) is 21.2. The van der Waals surface area contributed by atoms with Gasteiger partial charge in [0, 0.05) is 145 Å². The van der Waals surface area contributed by atoms with E-state index in [-0.39, 0.29) is 118 Å². The minimum Gasteiger partial charge on any atom is -0.497 e. The highest BCUT2D eigenvalue weighted by molar-refractivity contribution is 9.10.